The molecular weight excluding hydrogens is 194 g/mol. The van der Waals surface area contributed by atoms with Crippen LogP contribution in [0.3, 0.4) is 0 Å². The van der Waals surface area contributed by atoms with Crippen LogP contribution in [0.4, 0.5) is 0 Å². The van der Waals surface area contributed by atoms with Gasteiger partial charge < -0.3 is 4.57 Å². The predicted molar refractivity (Wildman–Crippen MR) is 70.9 cm³/mol. The average Bonchev–Trinajstić information content (AvgIpc) is 2.65. The highest BCUT2D eigenvalue weighted by Crippen LogP contribution is 2.32. The topological polar surface area (TPSA) is 4.93 Å². The molecule has 1 nitrogen and oxygen atoms in total. The number of nitrogens with zero attached hydrogens (tertiary/aromatic N) is 1. The summed E-state index contributed by atoms with van der Waals surface area (Å²) in [6, 6.07) is 8.72. The Hall–Kier alpha value is -1.24. The number of benzene rings is 1. The van der Waals surface area contributed by atoms with Gasteiger partial charge in [0.1, 0.15) is 0 Å². The maximum Gasteiger partial charge on any atom is 0.0480 e. The Morgan fingerprint density at radius 2 is 1.94 bits per heavy atom. The lowest BCUT2D eigenvalue weighted by molar-refractivity contribution is 0.598. The summed E-state index contributed by atoms with van der Waals surface area (Å²) in [4.78, 5) is 0. The minimum Gasteiger partial charge on any atom is -0.350 e. The van der Waals surface area contributed by atoms with E-state index in [9.17, 15) is 0 Å². The highest BCUT2D eigenvalue weighted by Gasteiger charge is 2.14. The first kappa shape index (κ1) is 11.3. The zero-order chi connectivity index (χ0) is 11.5. The molecule has 0 aliphatic heterocycles. The quantitative estimate of drug-likeness (QED) is 0.709. The molecule has 1 aromatic heterocycles. The van der Waals surface area contributed by atoms with Crippen LogP contribution in [0.5, 0.6) is 0 Å². The van der Waals surface area contributed by atoms with E-state index in [4.69, 9.17) is 0 Å². The Balaban J connectivity index is 2.51. The normalized spacial score (nSPS) is 13.2. The molecule has 0 bridgehead atoms. The van der Waals surface area contributed by atoms with Gasteiger partial charge >= 0.3 is 0 Å². The first-order chi connectivity index (χ1) is 7.77. The predicted octanol–water partition coefficient (Wildman–Crippen LogP) is 4.47. The zero-order valence-corrected chi connectivity index (χ0v) is 10.5. The molecule has 0 saturated heterocycles. The van der Waals surface area contributed by atoms with Gasteiger partial charge in [0.2, 0.25) is 0 Å². The number of rotatable bonds is 4. The lowest BCUT2D eigenvalue weighted by Crippen LogP contribution is -1.95. The second kappa shape index (κ2) is 4.73. The third kappa shape index (κ3) is 1.87. The molecule has 16 heavy (non-hydrogen) atoms. The molecule has 2 rings (SSSR count). The van der Waals surface area contributed by atoms with Crippen LogP contribution >= 0.6 is 0 Å². The van der Waals surface area contributed by atoms with E-state index < -0.39 is 0 Å². The van der Waals surface area contributed by atoms with Crippen molar-refractivity contribution in [2.45, 2.75) is 39.0 Å². The van der Waals surface area contributed by atoms with E-state index in [1.54, 1.807) is 0 Å². The van der Waals surface area contributed by atoms with E-state index in [-0.39, 0.29) is 0 Å². The van der Waals surface area contributed by atoms with Crippen molar-refractivity contribution in [3.63, 3.8) is 0 Å². The minimum absolute atomic E-state index is 0.719. The monoisotopic (exact) mass is 215 g/mol. The molecule has 1 aromatic carbocycles. The molecule has 0 aliphatic rings. The van der Waals surface area contributed by atoms with Crippen LogP contribution in [0.1, 0.15) is 44.6 Å². The van der Waals surface area contributed by atoms with Crippen molar-refractivity contribution in [3.05, 3.63) is 36.0 Å². The van der Waals surface area contributed by atoms with Gasteiger partial charge in [-0.1, -0.05) is 38.5 Å². The number of hydrogen-bond donors (Lipinski definition) is 0. The van der Waals surface area contributed by atoms with Gasteiger partial charge in [0.15, 0.2) is 0 Å². The number of aryl methyl sites for hydroxylation is 1. The van der Waals surface area contributed by atoms with Crippen LogP contribution in [0, 0.1) is 0 Å². The van der Waals surface area contributed by atoms with Crippen LogP contribution in [0.25, 0.3) is 10.9 Å². The Kier molecular flexibility index (Phi) is 3.33. The molecule has 0 amide bonds. The van der Waals surface area contributed by atoms with E-state index in [0.717, 1.165) is 5.92 Å². The van der Waals surface area contributed by atoms with Gasteiger partial charge in [-0.2, -0.15) is 0 Å². The van der Waals surface area contributed by atoms with Crippen molar-refractivity contribution in [2.75, 3.05) is 0 Å². The molecule has 0 saturated carbocycles. The summed E-state index contributed by atoms with van der Waals surface area (Å²) < 4.78 is 2.25. The van der Waals surface area contributed by atoms with Crippen molar-refractivity contribution in [1.82, 2.24) is 4.57 Å². The Labute approximate surface area is 98.1 Å². The third-order valence-electron chi connectivity index (χ3n) is 3.50. The van der Waals surface area contributed by atoms with Crippen LogP contribution in [0.2, 0.25) is 0 Å². The van der Waals surface area contributed by atoms with Crippen molar-refractivity contribution in [3.8, 4) is 0 Å². The van der Waals surface area contributed by atoms with E-state index >= 15 is 0 Å². The first-order valence-corrected chi connectivity index (χ1v) is 6.31. The highest BCUT2D eigenvalue weighted by atomic mass is 14.9. The summed E-state index contributed by atoms with van der Waals surface area (Å²) in [7, 11) is 2.14. The van der Waals surface area contributed by atoms with Gasteiger partial charge in [-0.3, -0.25) is 0 Å². The second-order valence-electron chi connectivity index (χ2n) is 4.61. The molecule has 0 radical (unpaired) electrons. The van der Waals surface area contributed by atoms with E-state index in [0.29, 0.717) is 0 Å². The van der Waals surface area contributed by atoms with Crippen molar-refractivity contribution in [1.29, 1.82) is 0 Å². The van der Waals surface area contributed by atoms with Crippen LogP contribution in [-0.2, 0) is 7.05 Å². The van der Waals surface area contributed by atoms with Crippen molar-refractivity contribution in [2.24, 2.45) is 7.05 Å². The minimum atomic E-state index is 0.719. The fourth-order valence-corrected chi connectivity index (χ4v) is 2.63. The lowest BCUT2D eigenvalue weighted by Gasteiger charge is -2.12. The Bertz CT molecular complexity index is 467. The molecule has 1 unspecified atom stereocenters. The van der Waals surface area contributed by atoms with E-state index in [2.05, 4.69) is 55.9 Å². The maximum atomic E-state index is 2.31. The SMILES string of the molecule is CCCC(CC)c1cn(C)c2ccccc12. The van der Waals surface area contributed by atoms with E-state index in [1.807, 2.05) is 0 Å². The molecule has 2 aromatic rings. The summed E-state index contributed by atoms with van der Waals surface area (Å²) >= 11 is 0. The largest absolute Gasteiger partial charge is 0.350 e. The van der Waals surface area contributed by atoms with Gasteiger partial charge in [-0.05, 0) is 30.4 Å². The van der Waals surface area contributed by atoms with Crippen molar-refractivity contribution < 1.29 is 0 Å². The van der Waals surface area contributed by atoms with Gasteiger partial charge in [-0.25, -0.2) is 0 Å². The van der Waals surface area contributed by atoms with Gasteiger partial charge in [0.05, 0.1) is 0 Å². The van der Waals surface area contributed by atoms with Gasteiger partial charge in [0, 0.05) is 24.1 Å². The smallest absolute Gasteiger partial charge is 0.0480 e. The Morgan fingerprint density at radius 3 is 2.62 bits per heavy atom. The molecule has 1 heteroatoms. The van der Waals surface area contributed by atoms with Gasteiger partial charge in [-0.15, -0.1) is 0 Å². The molecule has 1 atom stereocenters. The summed E-state index contributed by atoms with van der Waals surface area (Å²) in [5, 5.41) is 1.44. The number of aromatic nitrogens is 1. The summed E-state index contributed by atoms with van der Waals surface area (Å²) in [6.07, 6.45) is 6.11. The average molecular weight is 215 g/mol. The fourth-order valence-electron chi connectivity index (χ4n) is 2.63. The highest BCUT2D eigenvalue weighted by molar-refractivity contribution is 5.84. The molecule has 0 N–H and O–H groups in total. The zero-order valence-electron chi connectivity index (χ0n) is 10.5. The fraction of sp³-hybridized carbons (Fsp3) is 0.467. The molecule has 0 aliphatic carbocycles. The molecule has 86 valence electrons. The maximum absolute atomic E-state index is 2.31. The third-order valence-corrected chi connectivity index (χ3v) is 3.50. The number of para-hydroxylation sites is 1. The standard InChI is InChI=1S/C15H21N/c1-4-8-12(5-2)14-11-16(3)15-10-7-6-9-13(14)15/h6-7,9-12H,4-5,8H2,1-3H3. The molecular formula is C15H21N. The molecule has 1 heterocycles. The summed E-state index contributed by atoms with van der Waals surface area (Å²) in [6.45, 7) is 4.57. The van der Waals surface area contributed by atoms with Crippen LogP contribution in [0.15, 0.2) is 30.5 Å². The summed E-state index contributed by atoms with van der Waals surface area (Å²) in [5.41, 5.74) is 2.88. The molecule has 0 fully saturated rings. The van der Waals surface area contributed by atoms with Crippen LogP contribution in [-0.4, -0.2) is 4.57 Å². The Morgan fingerprint density at radius 1 is 1.19 bits per heavy atom. The number of hydrogen-bond acceptors (Lipinski definition) is 0. The summed E-state index contributed by atoms with van der Waals surface area (Å²) in [5.74, 6) is 0.719. The number of fused-ring (bicyclic) bond motifs is 1. The van der Waals surface area contributed by atoms with Crippen molar-refractivity contribution >= 4 is 10.9 Å². The van der Waals surface area contributed by atoms with Gasteiger partial charge in [0.25, 0.3) is 0 Å². The first-order valence-electron chi connectivity index (χ1n) is 6.31. The lowest BCUT2D eigenvalue weighted by atomic mass is 9.92. The molecule has 0 spiro atoms. The van der Waals surface area contributed by atoms with Crippen LogP contribution < -0.4 is 0 Å². The van der Waals surface area contributed by atoms with E-state index in [1.165, 1.54) is 35.7 Å². The second-order valence-corrected chi connectivity index (χ2v) is 4.61.